The zero-order valence-corrected chi connectivity index (χ0v) is 19.2. The Morgan fingerprint density at radius 2 is 1.97 bits per heavy atom. The molecule has 10 nitrogen and oxygen atoms in total. The number of halogens is 1. The number of anilines is 2. The molecule has 1 heterocycles. The highest BCUT2D eigenvalue weighted by Gasteiger charge is 2.23. The molecule has 0 unspecified atom stereocenters. The molecule has 12 heteroatoms. The third kappa shape index (κ3) is 5.38. The average Bonchev–Trinajstić information content (AvgIpc) is 2.78. The first-order valence-electron chi connectivity index (χ1n) is 9.66. The van der Waals surface area contributed by atoms with Gasteiger partial charge in [-0.05, 0) is 37.1 Å². The van der Waals surface area contributed by atoms with Crippen LogP contribution in [0.15, 0.2) is 58.7 Å². The molecule has 0 fully saturated rings. The van der Waals surface area contributed by atoms with E-state index in [9.17, 15) is 23.6 Å². The van der Waals surface area contributed by atoms with Crippen molar-refractivity contribution in [3.63, 3.8) is 0 Å². The van der Waals surface area contributed by atoms with Crippen molar-refractivity contribution in [1.82, 2.24) is 4.98 Å². The predicted octanol–water partition coefficient (Wildman–Crippen LogP) is 4.47. The molecule has 0 bridgehead atoms. The van der Waals surface area contributed by atoms with E-state index in [4.69, 9.17) is 11.6 Å². The Balaban J connectivity index is 2.00. The van der Waals surface area contributed by atoms with Crippen LogP contribution in [0.25, 0.3) is 0 Å². The highest BCUT2D eigenvalue weighted by Crippen LogP contribution is 2.30. The molecule has 1 aromatic heterocycles. The standard InChI is InChI=1S/C21H20ClN5O5S/c1-3-14-11-23-13(2)21(28)16(14)12-24-25-19-9-8-15(27(29)30)10-20(19)33(31,32)26-18-7-5-4-6-17(18)22/h4-12,25-26,28H,3H2,1-2H3/b24-12+. The maximum absolute atomic E-state index is 13.0. The largest absolute Gasteiger partial charge is 0.505 e. The van der Waals surface area contributed by atoms with Crippen LogP contribution >= 0.6 is 11.6 Å². The van der Waals surface area contributed by atoms with E-state index in [1.54, 1.807) is 25.3 Å². The maximum atomic E-state index is 13.0. The van der Waals surface area contributed by atoms with E-state index in [-0.39, 0.29) is 22.1 Å². The van der Waals surface area contributed by atoms with E-state index < -0.39 is 25.5 Å². The minimum atomic E-state index is -4.28. The van der Waals surface area contributed by atoms with E-state index in [0.29, 0.717) is 17.7 Å². The summed E-state index contributed by atoms with van der Waals surface area (Å²) in [6.45, 7) is 3.53. The van der Waals surface area contributed by atoms with Gasteiger partial charge in [0.05, 0.1) is 33.2 Å². The molecule has 2 aromatic carbocycles. The van der Waals surface area contributed by atoms with Crippen LogP contribution < -0.4 is 10.1 Å². The number of nitro groups is 1. The lowest BCUT2D eigenvalue weighted by molar-refractivity contribution is -0.385. The fourth-order valence-corrected chi connectivity index (χ4v) is 4.42. The molecule has 3 rings (SSSR count). The average molecular weight is 490 g/mol. The number of rotatable bonds is 8. The predicted molar refractivity (Wildman–Crippen MR) is 127 cm³/mol. The van der Waals surface area contributed by atoms with Crippen molar-refractivity contribution >= 4 is 44.9 Å². The van der Waals surface area contributed by atoms with Crippen molar-refractivity contribution in [3.8, 4) is 5.75 Å². The highest BCUT2D eigenvalue weighted by molar-refractivity contribution is 7.93. The van der Waals surface area contributed by atoms with Crippen LogP contribution in [-0.2, 0) is 16.4 Å². The monoisotopic (exact) mass is 489 g/mol. The first kappa shape index (κ1) is 24.0. The minimum absolute atomic E-state index is 0.0141. The topological polar surface area (TPSA) is 147 Å². The van der Waals surface area contributed by atoms with E-state index in [1.807, 2.05) is 6.92 Å². The van der Waals surface area contributed by atoms with Crippen molar-refractivity contribution in [2.45, 2.75) is 25.2 Å². The molecular formula is C21H20ClN5O5S. The molecule has 0 aliphatic rings. The van der Waals surface area contributed by atoms with Crippen LogP contribution in [0.4, 0.5) is 17.1 Å². The summed E-state index contributed by atoms with van der Waals surface area (Å²) in [6, 6.07) is 9.49. The fourth-order valence-electron chi connectivity index (χ4n) is 2.93. The Bertz CT molecular complexity index is 1340. The Labute approximate surface area is 195 Å². The number of sulfonamides is 1. The van der Waals surface area contributed by atoms with Gasteiger partial charge in [0.2, 0.25) is 0 Å². The lowest BCUT2D eigenvalue weighted by atomic mass is 10.1. The molecule has 3 aromatic rings. The third-order valence-electron chi connectivity index (χ3n) is 4.70. The number of non-ortho nitro benzene ring substituents is 1. The maximum Gasteiger partial charge on any atom is 0.270 e. The van der Waals surface area contributed by atoms with Gasteiger partial charge in [0.25, 0.3) is 15.7 Å². The van der Waals surface area contributed by atoms with Gasteiger partial charge in [-0.2, -0.15) is 5.10 Å². The number of pyridine rings is 1. The minimum Gasteiger partial charge on any atom is -0.505 e. The zero-order chi connectivity index (χ0) is 24.2. The Morgan fingerprint density at radius 1 is 1.24 bits per heavy atom. The molecule has 0 aliphatic heterocycles. The number of para-hydroxylation sites is 1. The van der Waals surface area contributed by atoms with Crippen LogP contribution in [0.3, 0.4) is 0 Å². The number of aryl methyl sites for hydroxylation is 2. The Kier molecular flexibility index (Phi) is 7.14. The van der Waals surface area contributed by atoms with Gasteiger partial charge in [0.1, 0.15) is 10.6 Å². The smallest absolute Gasteiger partial charge is 0.270 e. The summed E-state index contributed by atoms with van der Waals surface area (Å²) in [5.74, 6) is -0.0446. The van der Waals surface area contributed by atoms with E-state index in [1.165, 1.54) is 24.4 Å². The van der Waals surface area contributed by atoms with E-state index in [2.05, 4.69) is 20.2 Å². The summed E-state index contributed by atoms with van der Waals surface area (Å²) in [5.41, 5.74) is 3.86. The lowest BCUT2D eigenvalue weighted by Gasteiger charge is -2.13. The van der Waals surface area contributed by atoms with Gasteiger partial charge >= 0.3 is 0 Å². The quantitative estimate of drug-likeness (QED) is 0.240. The fraction of sp³-hybridized carbons (Fsp3) is 0.143. The summed E-state index contributed by atoms with van der Waals surface area (Å²) in [5, 5.41) is 25.7. The number of aromatic hydroxyl groups is 1. The molecule has 0 aliphatic carbocycles. The van der Waals surface area contributed by atoms with Gasteiger partial charge in [-0.3, -0.25) is 25.2 Å². The normalized spacial score (nSPS) is 11.5. The zero-order valence-electron chi connectivity index (χ0n) is 17.6. The Morgan fingerprint density at radius 3 is 2.64 bits per heavy atom. The summed E-state index contributed by atoms with van der Waals surface area (Å²) >= 11 is 6.04. The van der Waals surface area contributed by atoms with Gasteiger partial charge in [-0.25, -0.2) is 8.42 Å². The first-order valence-corrected chi connectivity index (χ1v) is 11.5. The molecule has 0 saturated heterocycles. The van der Waals surface area contributed by atoms with Crippen LogP contribution in [-0.4, -0.2) is 29.6 Å². The van der Waals surface area contributed by atoms with Gasteiger partial charge in [-0.15, -0.1) is 0 Å². The number of hydrogen-bond donors (Lipinski definition) is 3. The number of hydrazone groups is 1. The van der Waals surface area contributed by atoms with Crippen LogP contribution in [0.5, 0.6) is 5.75 Å². The third-order valence-corrected chi connectivity index (χ3v) is 6.44. The molecule has 0 atom stereocenters. The molecule has 172 valence electrons. The second-order valence-electron chi connectivity index (χ2n) is 6.88. The van der Waals surface area contributed by atoms with Crippen LogP contribution in [0.2, 0.25) is 5.02 Å². The van der Waals surface area contributed by atoms with Gasteiger partial charge in [-0.1, -0.05) is 30.7 Å². The number of nitro benzene ring substituents is 1. The molecule has 0 spiro atoms. The van der Waals surface area contributed by atoms with Gasteiger partial charge < -0.3 is 5.11 Å². The number of hydrogen-bond acceptors (Lipinski definition) is 8. The van der Waals surface area contributed by atoms with Gasteiger partial charge in [0, 0.05) is 23.9 Å². The van der Waals surface area contributed by atoms with Crippen molar-refractivity contribution in [1.29, 1.82) is 0 Å². The second kappa shape index (κ2) is 9.84. The summed E-state index contributed by atoms with van der Waals surface area (Å²) in [4.78, 5) is 14.2. The summed E-state index contributed by atoms with van der Waals surface area (Å²) in [6.07, 6.45) is 3.54. The van der Waals surface area contributed by atoms with Crippen molar-refractivity contribution < 1.29 is 18.4 Å². The van der Waals surface area contributed by atoms with E-state index >= 15 is 0 Å². The highest BCUT2D eigenvalue weighted by atomic mass is 35.5. The van der Waals surface area contributed by atoms with E-state index in [0.717, 1.165) is 17.7 Å². The lowest BCUT2D eigenvalue weighted by Crippen LogP contribution is -2.15. The molecule has 0 amide bonds. The van der Waals surface area contributed by atoms with Crippen molar-refractivity contribution in [3.05, 3.63) is 80.6 Å². The van der Waals surface area contributed by atoms with Crippen molar-refractivity contribution in [2.24, 2.45) is 5.10 Å². The summed E-state index contributed by atoms with van der Waals surface area (Å²) in [7, 11) is -4.28. The number of nitrogens with zero attached hydrogens (tertiary/aromatic N) is 3. The molecule has 33 heavy (non-hydrogen) atoms. The van der Waals surface area contributed by atoms with Crippen LogP contribution in [0.1, 0.15) is 23.7 Å². The Hall–Kier alpha value is -3.70. The number of benzene rings is 2. The summed E-state index contributed by atoms with van der Waals surface area (Å²) < 4.78 is 28.4. The number of aromatic nitrogens is 1. The molecule has 3 N–H and O–H groups in total. The first-order chi connectivity index (χ1) is 15.6. The van der Waals surface area contributed by atoms with Crippen LogP contribution in [0, 0.1) is 17.0 Å². The SMILES string of the molecule is CCc1cnc(C)c(O)c1/C=N/Nc1ccc([N+](=O)[O-])cc1S(=O)(=O)Nc1ccccc1Cl. The molecular weight excluding hydrogens is 470 g/mol. The number of nitrogens with one attached hydrogen (secondary N) is 2. The second-order valence-corrected chi connectivity index (χ2v) is 8.94. The van der Waals surface area contributed by atoms with Gasteiger partial charge in [0.15, 0.2) is 0 Å². The molecule has 0 saturated carbocycles. The van der Waals surface area contributed by atoms with Crippen molar-refractivity contribution in [2.75, 3.05) is 10.1 Å². The molecule has 0 radical (unpaired) electrons.